The number of rotatable bonds is 8. The molecule has 1 saturated heterocycles. The van der Waals surface area contributed by atoms with Crippen molar-refractivity contribution in [2.75, 3.05) is 33.3 Å². The average Bonchev–Trinajstić information content (AvgIpc) is 3.24. The second kappa shape index (κ2) is 11.8. The molecule has 1 fully saturated rings. The van der Waals surface area contributed by atoms with Crippen molar-refractivity contribution >= 4 is 22.9 Å². The van der Waals surface area contributed by atoms with Gasteiger partial charge in [-0.2, -0.15) is 0 Å². The fourth-order valence-electron chi connectivity index (χ4n) is 3.46. The lowest BCUT2D eigenvalue weighted by Crippen LogP contribution is -2.37. The summed E-state index contributed by atoms with van der Waals surface area (Å²) in [7, 11) is 1.67. The molecule has 1 atom stereocenters. The van der Waals surface area contributed by atoms with Gasteiger partial charge in [0.05, 0.1) is 26.0 Å². The van der Waals surface area contributed by atoms with Gasteiger partial charge in [-0.05, 0) is 62.2 Å². The van der Waals surface area contributed by atoms with E-state index in [0.29, 0.717) is 12.5 Å². The van der Waals surface area contributed by atoms with Gasteiger partial charge in [0.1, 0.15) is 11.5 Å². The molecular formula is C21H31BrN4O2. The maximum atomic E-state index is 6.08. The Morgan fingerprint density at radius 2 is 1.96 bits per heavy atom. The van der Waals surface area contributed by atoms with Gasteiger partial charge in [0.15, 0.2) is 5.96 Å². The number of furan rings is 1. The number of aliphatic imine (C=N–C) groups is 1. The molecule has 1 aromatic heterocycles. The van der Waals surface area contributed by atoms with Crippen molar-refractivity contribution in [3.8, 4) is 5.75 Å². The molecule has 1 aliphatic heterocycles. The number of nitrogens with zero attached hydrogens (tertiary/aromatic N) is 2. The Kier molecular flexibility index (Phi) is 9.37. The highest BCUT2D eigenvalue weighted by molar-refractivity contribution is 8.93. The lowest BCUT2D eigenvalue weighted by atomic mass is 10.1. The van der Waals surface area contributed by atoms with E-state index in [-0.39, 0.29) is 23.0 Å². The maximum Gasteiger partial charge on any atom is 0.188 e. The van der Waals surface area contributed by atoms with Gasteiger partial charge in [-0.25, -0.2) is 0 Å². The molecule has 2 heterocycles. The lowest BCUT2D eigenvalue weighted by molar-refractivity contribution is 0.150. The fourth-order valence-corrected chi connectivity index (χ4v) is 3.46. The van der Waals surface area contributed by atoms with E-state index < -0.39 is 0 Å². The normalized spacial score (nSPS) is 16.2. The maximum absolute atomic E-state index is 6.08. The Morgan fingerprint density at radius 1 is 1.21 bits per heavy atom. The first-order valence-electron chi connectivity index (χ1n) is 9.70. The zero-order chi connectivity index (χ0) is 18.9. The molecule has 0 bridgehead atoms. The zero-order valence-corrected chi connectivity index (χ0v) is 18.2. The number of nitrogens with two attached hydrogens (primary N) is 1. The summed E-state index contributed by atoms with van der Waals surface area (Å²) in [6.45, 7) is 3.53. The number of hydrogen-bond donors (Lipinski definition) is 2. The number of likely N-dealkylation sites (tertiary alicyclic amines) is 1. The van der Waals surface area contributed by atoms with Gasteiger partial charge in [-0.15, -0.1) is 17.0 Å². The number of hydrogen-bond acceptors (Lipinski definition) is 4. The Balaban J connectivity index is 0.00000280. The predicted octanol–water partition coefficient (Wildman–Crippen LogP) is 3.54. The highest BCUT2D eigenvalue weighted by Gasteiger charge is 2.24. The first-order chi connectivity index (χ1) is 13.3. The van der Waals surface area contributed by atoms with Crippen LogP contribution in [-0.4, -0.2) is 44.1 Å². The first kappa shape index (κ1) is 22.3. The standard InChI is InChI=1S/C21H30N4O2.BrH/c1-26-18-9-7-17(8-10-18)11-12-23-21(22)24-16-19(20-6-5-15-27-20)25-13-3-2-4-14-25;/h5-10,15,19H,2-4,11-14,16H2,1H3,(H3,22,23,24);1H. The van der Waals surface area contributed by atoms with Crippen molar-refractivity contribution in [1.29, 1.82) is 0 Å². The number of ether oxygens (including phenoxy) is 1. The average molecular weight is 451 g/mol. The second-order valence-electron chi connectivity index (χ2n) is 6.88. The Bertz CT molecular complexity index is 698. The Labute approximate surface area is 177 Å². The molecule has 6 nitrogen and oxygen atoms in total. The van der Waals surface area contributed by atoms with Crippen molar-refractivity contribution in [2.45, 2.75) is 31.7 Å². The molecule has 2 aromatic rings. The summed E-state index contributed by atoms with van der Waals surface area (Å²) < 4.78 is 10.8. The molecule has 28 heavy (non-hydrogen) atoms. The van der Waals surface area contributed by atoms with Gasteiger partial charge in [-0.1, -0.05) is 18.6 Å². The van der Waals surface area contributed by atoms with E-state index in [4.69, 9.17) is 14.9 Å². The van der Waals surface area contributed by atoms with Gasteiger partial charge < -0.3 is 20.2 Å². The van der Waals surface area contributed by atoms with Crippen LogP contribution in [0.15, 0.2) is 52.1 Å². The van der Waals surface area contributed by atoms with E-state index in [1.165, 1.54) is 24.8 Å². The molecule has 3 rings (SSSR count). The van der Waals surface area contributed by atoms with E-state index >= 15 is 0 Å². The summed E-state index contributed by atoms with van der Waals surface area (Å²) in [6, 6.07) is 12.2. The number of nitrogens with one attached hydrogen (secondary N) is 1. The molecule has 0 saturated carbocycles. The van der Waals surface area contributed by atoms with Crippen LogP contribution in [0.1, 0.15) is 36.6 Å². The largest absolute Gasteiger partial charge is 0.497 e. The van der Waals surface area contributed by atoms with E-state index in [2.05, 4.69) is 27.3 Å². The van der Waals surface area contributed by atoms with Crippen molar-refractivity contribution in [3.05, 3.63) is 54.0 Å². The number of methoxy groups -OCH3 is 1. The molecule has 0 aliphatic carbocycles. The van der Waals surface area contributed by atoms with Crippen LogP contribution in [0.4, 0.5) is 0 Å². The van der Waals surface area contributed by atoms with Gasteiger partial charge in [0.25, 0.3) is 0 Å². The highest BCUT2D eigenvalue weighted by Crippen LogP contribution is 2.25. The third-order valence-corrected chi connectivity index (χ3v) is 5.02. The molecule has 0 spiro atoms. The van der Waals surface area contributed by atoms with Crippen LogP contribution in [0, 0.1) is 0 Å². The molecular weight excluding hydrogens is 420 g/mol. The van der Waals surface area contributed by atoms with Gasteiger partial charge >= 0.3 is 0 Å². The molecule has 1 aliphatic rings. The smallest absolute Gasteiger partial charge is 0.188 e. The SMILES string of the molecule is Br.COc1ccc(CCNC(N)=NCC(c2ccco2)N2CCCCC2)cc1. The molecule has 0 amide bonds. The predicted molar refractivity (Wildman–Crippen MR) is 118 cm³/mol. The van der Waals surface area contributed by atoms with Crippen molar-refractivity contribution in [3.63, 3.8) is 0 Å². The van der Waals surface area contributed by atoms with Crippen LogP contribution in [0.5, 0.6) is 5.75 Å². The van der Waals surface area contributed by atoms with Crippen LogP contribution in [0.3, 0.4) is 0 Å². The van der Waals surface area contributed by atoms with E-state index in [1.54, 1.807) is 13.4 Å². The van der Waals surface area contributed by atoms with Crippen LogP contribution in [0.2, 0.25) is 0 Å². The molecule has 3 N–H and O–H groups in total. The van der Waals surface area contributed by atoms with Gasteiger partial charge in [-0.3, -0.25) is 9.89 Å². The van der Waals surface area contributed by atoms with Crippen molar-refractivity contribution in [1.82, 2.24) is 10.2 Å². The Hall–Kier alpha value is -1.99. The van der Waals surface area contributed by atoms with Crippen molar-refractivity contribution in [2.24, 2.45) is 10.7 Å². The van der Waals surface area contributed by atoms with E-state index in [1.807, 2.05) is 24.3 Å². The number of guanidine groups is 1. The van der Waals surface area contributed by atoms with Crippen molar-refractivity contribution < 1.29 is 9.15 Å². The van der Waals surface area contributed by atoms with Gasteiger partial charge in [0, 0.05) is 6.54 Å². The monoisotopic (exact) mass is 450 g/mol. The molecule has 1 unspecified atom stereocenters. The summed E-state index contributed by atoms with van der Waals surface area (Å²) in [5, 5.41) is 3.21. The lowest BCUT2D eigenvalue weighted by Gasteiger charge is -2.32. The molecule has 154 valence electrons. The fraction of sp³-hybridized carbons (Fsp3) is 0.476. The number of benzene rings is 1. The third kappa shape index (κ3) is 6.56. The summed E-state index contributed by atoms with van der Waals surface area (Å²) in [4.78, 5) is 7.03. The zero-order valence-electron chi connectivity index (χ0n) is 16.5. The molecule has 1 aromatic carbocycles. The minimum absolute atomic E-state index is 0. The number of piperidine rings is 1. The minimum Gasteiger partial charge on any atom is -0.497 e. The van der Waals surface area contributed by atoms with E-state index in [9.17, 15) is 0 Å². The Morgan fingerprint density at radius 3 is 2.61 bits per heavy atom. The highest BCUT2D eigenvalue weighted by atomic mass is 79.9. The first-order valence-corrected chi connectivity index (χ1v) is 9.70. The van der Waals surface area contributed by atoms with Crippen LogP contribution >= 0.6 is 17.0 Å². The van der Waals surface area contributed by atoms with Crippen LogP contribution < -0.4 is 15.8 Å². The summed E-state index contributed by atoms with van der Waals surface area (Å²) >= 11 is 0. The third-order valence-electron chi connectivity index (χ3n) is 5.02. The van der Waals surface area contributed by atoms with Gasteiger partial charge in [0.2, 0.25) is 0 Å². The van der Waals surface area contributed by atoms with Crippen LogP contribution in [-0.2, 0) is 6.42 Å². The van der Waals surface area contributed by atoms with E-state index in [0.717, 1.165) is 37.6 Å². The summed E-state index contributed by atoms with van der Waals surface area (Å²) in [5.41, 5.74) is 7.32. The number of halogens is 1. The summed E-state index contributed by atoms with van der Waals surface area (Å²) in [6.07, 6.45) is 6.38. The summed E-state index contributed by atoms with van der Waals surface area (Å²) in [5.74, 6) is 2.32. The molecule has 7 heteroatoms. The molecule has 0 radical (unpaired) electrons. The second-order valence-corrected chi connectivity index (χ2v) is 6.88. The topological polar surface area (TPSA) is 76.0 Å². The quantitative estimate of drug-likeness (QED) is 0.474. The minimum atomic E-state index is 0. The van der Waals surface area contributed by atoms with Crippen LogP contribution in [0.25, 0.3) is 0 Å².